The minimum atomic E-state index is 0.579. The highest BCUT2D eigenvalue weighted by Crippen LogP contribution is 2.13. The Morgan fingerprint density at radius 3 is 2.68 bits per heavy atom. The first-order valence-electron chi connectivity index (χ1n) is 5.93. The Hall–Kier alpha value is -2.21. The summed E-state index contributed by atoms with van der Waals surface area (Å²) in [6.45, 7) is 0. The fraction of sp³-hybridized carbons (Fsp3) is 0.154. The summed E-state index contributed by atoms with van der Waals surface area (Å²) in [6, 6.07) is 10.2. The second kappa shape index (κ2) is 5.19. The third-order valence-corrected chi connectivity index (χ3v) is 3.42. The predicted molar refractivity (Wildman–Crippen MR) is 75.0 cm³/mol. The normalized spacial score (nSPS) is 10.7. The number of aromatic nitrogens is 4. The van der Waals surface area contributed by atoms with Crippen LogP contribution in [-0.4, -0.2) is 20.2 Å². The number of hydrogen-bond acceptors (Lipinski definition) is 5. The van der Waals surface area contributed by atoms with Gasteiger partial charge in [0.1, 0.15) is 5.82 Å². The van der Waals surface area contributed by atoms with Gasteiger partial charge in [0.25, 0.3) is 0 Å². The van der Waals surface area contributed by atoms with Gasteiger partial charge in [0.15, 0.2) is 11.0 Å². The van der Waals surface area contributed by atoms with E-state index >= 15 is 0 Å². The SMILES string of the molecule is Nc1nc(Cc2n[nH]c(Cc3ccccc3)n2)cs1. The van der Waals surface area contributed by atoms with Gasteiger partial charge in [0.05, 0.1) is 12.1 Å². The summed E-state index contributed by atoms with van der Waals surface area (Å²) < 4.78 is 0. The number of thiazole rings is 1. The summed E-state index contributed by atoms with van der Waals surface area (Å²) in [5.41, 5.74) is 7.72. The van der Waals surface area contributed by atoms with E-state index in [1.54, 1.807) is 0 Å². The molecule has 0 unspecified atom stereocenters. The van der Waals surface area contributed by atoms with Crippen LogP contribution in [0.4, 0.5) is 5.13 Å². The maximum atomic E-state index is 5.60. The lowest BCUT2D eigenvalue weighted by atomic mass is 10.1. The summed E-state index contributed by atoms with van der Waals surface area (Å²) >= 11 is 1.43. The molecule has 5 nitrogen and oxygen atoms in total. The molecule has 0 saturated heterocycles. The molecular formula is C13H13N5S. The molecule has 0 amide bonds. The molecule has 0 spiro atoms. The second-order valence-electron chi connectivity index (χ2n) is 4.21. The number of rotatable bonds is 4. The number of nitrogens with one attached hydrogen (secondary N) is 1. The molecule has 0 aliphatic carbocycles. The van der Waals surface area contributed by atoms with Crippen molar-refractivity contribution in [3.8, 4) is 0 Å². The summed E-state index contributed by atoms with van der Waals surface area (Å²) in [4.78, 5) is 8.67. The van der Waals surface area contributed by atoms with Crippen molar-refractivity contribution in [3.63, 3.8) is 0 Å². The smallest absolute Gasteiger partial charge is 0.180 e. The molecule has 0 saturated carbocycles. The van der Waals surface area contributed by atoms with Crippen molar-refractivity contribution in [3.05, 3.63) is 58.6 Å². The Bertz CT molecular complexity index is 658. The van der Waals surface area contributed by atoms with Crippen LogP contribution in [0.25, 0.3) is 0 Å². The molecule has 3 N–H and O–H groups in total. The molecule has 6 heteroatoms. The summed E-state index contributed by atoms with van der Waals surface area (Å²) in [7, 11) is 0. The topological polar surface area (TPSA) is 80.5 Å². The number of nitrogen functional groups attached to an aromatic ring is 1. The number of benzene rings is 1. The van der Waals surface area contributed by atoms with Gasteiger partial charge in [-0.05, 0) is 5.56 Å². The first kappa shape index (κ1) is 11.9. The highest BCUT2D eigenvalue weighted by molar-refractivity contribution is 7.13. The monoisotopic (exact) mass is 271 g/mol. The molecule has 0 aliphatic rings. The highest BCUT2D eigenvalue weighted by atomic mass is 32.1. The minimum absolute atomic E-state index is 0.579. The molecule has 3 aromatic rings. The molecule has 0 aliphatic heterocycles. The zero-order valence-electron chi connectivity index (χ0n) is 10.2. The Morgan fingerprint density at radius 2 is 1.95 bits per heavy atom. The minimum Gasteiger partial charge on any atom is -0.375 e. The third-order valence-electron chi connectivity index (χ3n) is 2.70. The first-order valence-corrected chi connectivity index (χ1v) is 6.81. The van der Waals surface area contributed by atoms with E-state index in [0.29, 0.717) is 11.6 Å². The van der Waals surface area contributed by atoms with Crippen LogP contribution in [0.2, 0.25) is 0 Å². The van der Waals surface area contributed by atoms with E-state index in [1.165, 1.54) is 16.9 Å². The lowest BCUT2D eigenvalue weighted by Gasteiger charge is -1.95. The Balaban J connectivity index is 1.69. The molecule has 0 radical (unpaired) electrons. The van der Waals surface area contributed by atoms with Gasteiger partial charge in [0.2, 0.25) is 0 Å². The van der Waals surface area contributed by atoms with Crippen molar-refractivity contribution in [2.75, 3.05) is 5.73 Å². The van der Waals surface area contributed by atoms with Gasteiger partial charge in [-0.15, -0.1) is 11.3 Å². The number of H-pyrrole nitrogens is 1. The molecule has 1 aromatic carbocycles. The maximum absolute atomic E-state index is 5.60. The van der Waals surface area contributed by atoms with Gasteiger partial charge in [-0.25, -0.2) is 9.97 Å². The van der Waals surface area contributed by atoms with Crippen molar-refractivity contribution in [2.24, 2.45) is 0 Å². The third kappa shape index (κ3) is 2.97. The van der Waals surface area contributed by atoms with Crippen LogP contribution < -0.4 is 5.73 Å². The molecule has 2 aromatic heterocycles. The van der Waals surface area contributed by atoms with Crippen LogP contribution in [0.1, 0.15) is 22.9 Å². The van der Waals surface area contributed by atoms with Gasteiger partial charge < -0.3 is 5.73 Å². The van der Waals surface area contributed by atoms with E-state index in [-0.39, 0.29) is 0 Å². The fourth-order valence-electron chi connectivity index (χ4n) is 1.85. The molecule has 3 rings (SSSR count). The van der Waals surface area contributed by atoms with E-state index in [1.807, 2.05) is 23.6 Å². The van der Waals surface area contributed by atoms with Crippen molar-refractivity contribution in [2.45, 2.75) is 12.8 Å². The number of nitrogens with zero attached hydrogens (tertiary/aromatic N) is 3. The van der Waals surface area contributed by atoms with Gasteiger partial charge in [0, 0.05) is 11.8 Å². The quantitative estimate of drug-likeness (QED) is 0.760. The van der Waals surface area contributed by atoms with E-state index < -0.39 is 0 Å². The van der Waals surface area contributed by atoms with E-state index in [0.717, 1.165) is 23.8 Å². The summed E-state index contributed by atoms with van der Waals surface area (Å²) in [6.07, 6.45) is 1.37. The molecule has 0 atom stereocenters. The van der Waals surface area contributed by atoms with Crippen molar-refractivity contribution in [1.29, 1.82) is 0 Å². The van der Waals surface area contributed by atoms with Crippen molar-refractivity contribution >= 4 is 16.5 Å². The molecule has 19 heavy (non-hydrogen) atoms. The summed E-state index contributed by atoms with van der Waals surface area (Å²) in [5, 5.41) is 9.68. The average molecular weight is 271 g/mol. The number of aromatic amines is 1. The standard InChI is InChI=1S/C13H13N5S/c14-13-15-10(8-19-13)7-12-16-11(17-18-12)6-9-4-2-1-3-5-9/h1-5,8H,6-7H2,(H2,14,15)(H,16,17,18). The predicted octanol–water partition coefficient (Wildman–Crippen LogP) is 2.03. The Morgan fingerprint density at radius 1 is 1.11 bits per heavy atom. The number of nitrogens with two attached hydrogens (primary N) is 1. The van der Waals surface area contributed by atoms with Crippen molar-refractivity contribution < 1.29 is 0 Å². The highest BCUT2D eigenvalue weighted by Gasteiger charge is 2.07. The number of anilines is 1. The lowest BCUT2D eigenvalue weighted by molar-refractivity contribution is 0.946. The average Bonchev–Trinajstić information content (AvgIpc) is 3.01. The molecule has 2 heterocycles. The van der Waals surface area contributed by atoms with Crippen LogP contribution >= 0.6 is 11.3 Å². The van der Waals surface area contributed by atoms with Gasteiger partial charge in [-0.1, -0.05) is 30.3 Å². The van der Waals surface area contributed by atoms with Crippen LogP contribution in [0.3, 0.4) is 0 Å². The number of hydrogen-bond donors (Lipinski definition) is 2. The largest absolute Gasteiger partial charge is 0.375 e. The van der Waals surface area contributed by atoms with Gasteiger partial charge in [-0.2, -0.15) is 5.10 Å². The Kier molecular flexibility index (Phi) is 3.24. The Labute approximate surface area is 114 Å². The zero-order chi connectivity index (χ0) is 13.1. The van der Waals surface area contributed by atoms with E-state index in [9.17, 15) is 0 Å². The van der Waals surface area contributed by atoms with Crippen LogP contribution in [0.15, 0.2) is 35.7 Å². The molecular weight excluding hydrogens is 258 g/mol. The van der Waals surface area contributed by atoms with Crippen LogP contribution in [0, 0.1) is 0 Å². The lowest BCUT2D eigenvalue weighted by Crippen LogP contribution is -1.93. The first-order chi connectivity index (χ1) is 9.29. The van der Waals surface area contributed by atoms with Gasteiger partial charge in [-0.3, -0.25) is 5.10 Å². The van der Waals surface area contributed by atoms with Gasteiger partial charge >= 0.3 is 0 Å². The molecule has 0 bridgehead atoms. The maximum Gasteiger partial charge on any atom is 0.180 e. The van der Waals surface area contributed by atoms with Crippen LogP contribution in [0.5, 0.6) is 0 Å². The molecule has 0 fully saturated rings. The molecule has 96 valence electrons. The zero-order valence-corrected chi connectivity index (χ0v) is 11.0. The second-order valence-corrected chi connectivity index (χ2v) is 5.10. The van der Waals surface area contributed by atoms with E-state index in [2.05, 4.69) is 32.3 Å². The van der Waals surface area contributed by atoms with E-state index in [4.69, 9.17) is 5.73 Å². The summed E-state index contributed by atoms with van der Waals surface area (Å²) in [5.74, 6) is 1.61. The van der Waals surface area contributed by atoms with Crippen molar-refractivity contribution in [1.82, 2.24) is 20.2 Å². The van der Waals surface area contributed by atoms with Crippen LogP contribution in [-0.2, 0) is 12.8 Å². The fourth-order valence-corrected chi connectivity index (χ4v) is 2.41.